The summed E-state index contributed by atoms with van der Waals surface area (Å²) in [6.45, 7) is 4.92. The summed E-state index contributed by atoms with van der Waals surface area (Å²) >= 11 is 0. The summed E-state index contributed by atoms with van der Waals surface area (Å²) in [7, 11) is 0. The number of rotatable bonds is 5. The van der Waals surface area contributed by atoms with Crippen molar-refractivity contribution in [3.05, 3.63) is 24.0 Å². The van der Waals surface area contributed by atoms with E-state index in [4.69, 9.17) is 4.74 Å². The summed E-state index contributed by atoms with van der Waals surface area (Å²) < 4.78 is 5.25. The van der Waals surface area contributed by atoms with Crippen molar-refractivity contribution in [2.24, 2.45) is 5.41 Å². The first-order valence-electron chi connectivity index (χ1n) is 7.00. The van der Waals surface area contributed by atoms with E-state index in [-0.39, 0.29) is 11.4 Å². The Hall–Kier alpha value is -1.58. The van der Waals surface area contributed by atoms with Crippen LogP contribution in [0.15, 0.2) is 18.3 Å². The number of anilines is 1. The molecule has 1 aliphatic rings. The van der Waals surface area contributed by atoms with Crippen molar-refractivity contribution in [2.75, 3.05) is 18.5 Å². The van der Waals surface area contributed by atoms with Gasteiger partial charge < -0.3 is 10.1 Å². The quantitative estimate of drug-likeness (QED) is 0.829. The lowest BCUT2D eigenvalue weighted by Crippen LogP contribution is -2.37. The van der Waals surface area contributed by atoms with E-state index in [0.29, 0.717) is 13.2 Å². The molecule has 0 spiro atoms. The van der Waals surface area contributed by atoms with Gasteiger partial charge in [-0.3, -0.25) is 9.78 Å². The molecule has 1 aromatic heterocycles. The second kappa shape index (κ2) is 6.04. The van der Waals surface area contributed by atoms with Crippen LogP contribution in [0.5, 0.6) is 0 Å². The zero-order valence-corrected chi connectivity index (χ0v) is 11.7. The molecular formula is C15H22N2O2. The SMILES string of the molecule is CCOC(=O)C1(CNc2ccnc(C)c2)CCCC1. The van der Waals surface area contributed by atoms with Gasteiger partial charge in [-0.05, 0) is 38.8 Å². The Kier molecular flexibility index (Phi) is 4.40. The zero-order chi connectivity index (χ0) is 13.7. The molecular weight excluding hydrogens is 240 g/mol. The van der Waals surface area contributed by atoms with Gasteiger partial charge in [-0.1, -0.05) is 12.8 Å². The van der Waals surface area contributed by atoms with Crippen LogP contribution in [0.2, 0.25) is 0 Å². The van der Waals surface area contributed by atoms with Crippen LogP contribution in [0.4, 0.5) is 5.69 Å². The number of carbonyl (C=O) groups excluding carboxylic acids is 1. The zero-order valence-electron chi connectivity index (χ0n) is 11.7. The number of pyridine rings is 1. The number of nitrogens with one attached hydrogen (secondary N) is 1. The molecule has 0 atom stereocenters. The van der Waals surface area contributed by atoms with E-state index < -0.39 is 0 Å². The molecule has 104 valence electrons. The minimum absolute atomic E-state index is 0.0502. The third-order valence-corrected chi connectivity index (χ3v) is 3.80. The highest BCUT2D eigenvalue weighted by Gasteiger charge is 2.42. The second-order valence-corrected chi connectivity index (χ2v) is 5.25. The predicted octanol–water partition coefficient (Wildman–Crippen LogP) is 2.93. The first-order valence-corrected chi connectivity index (χ1v) is 7.00. The third kappa shape index (κ3) is 3.25. The number of nitrogens with zero attached hydrogens (tertiary/aromatic N) is 1. The van der Waals surface area contributed by atoms with Crippen molar-refractivity contribution in [2.45, 2.75) is 39.5 Å². The van der Waals surface area contributed by atoms with Crippen LogP contribution >= 0.6 is 0 Å². The van der Waals surface area contributed by atoms with Gasteiger partial charge in [0.2, 0.25) is 0 Å². The van der Waals surface area contributed by atoms with Crippen molar-refractivity contribution in [3.63, 3.8) is 0 Å². The van der Waals surface area contributed by atoms with E-state index in [1.165, 1.54) is 0 Å². The van der Waals surface area contributed by atoms with E-state index in [9.17, 15) is 4.79 Å². The van der Waals surface area contributed by atoms with Gasteiger partial charge in [0.1, 0.15) is 0 Å². The summed E-state index contributed by atoms with van der Waals surface area (Å²) in [4.78, 5) is 16.4. The molecule has 2 rings (SSSR count). The Balaban J connectivity index is 2.03. The highest BCUT2D eigenvalue weighted by Crippen LogP contribution is 2.39. The number of aryl methyl sites for hydroxylation is 1. The normalized spacial score (nSPS) is 17.2. The van der Waals surface area contributed by atoms with Gasteiger partial charge in [-0.15, -0.1) is 0 Å². The first kappa shape index (κ1) is 13.8. The number of esters is 1. The van der Waals surface area contributed by atoms with Gasteiger partial charge in [-0.2, -0.15) is 0 Å². The maximum absolute atomic E-state index is 12.2. The van der Waals surface area contributed by atoms with Gasteiger partial charge in [-0.25, -0.2) is 0 Å². The molecule has 0 unspecified atom stereocenters. The lowest BCUT2D eigenvalue weighted by molar-refractivity contribution is -0.154. The van der Waals surface area contributed by atoms with Crippen LogP contribution < -0.4 is 5.32 Å². The number of carbonyl (C=O) groups is 1. The van der Waals surface area contributed by atoms with Crippen LogP contribution in [-0.2, 0) is 9.53 Å². The summed E-state index contributed by atoms with van der Waals surface area (Å²) in [5.41, 5.74) is 1.65. The van der Waals surface area contributed by atoms with E-state index >= 15 is 0 Å². The second-order valence-electron chi connectivity index (χ2n) is 5.25. The number of ether oxygens (including phenoxy) is 1. The molecule has 0 aliphatic heterocycles. The van der Waals surface area contributed by atoms with Crippen molar-refractivity contribution < 1.29 is 9.53 Å². The Bertz CT molecular complexity index is 440. The third-order valence-electron chi connectivity index (χ3n) is 3.80. The van der Waals surface area contributed by atoms with Gasteiger partial charge in [0.15, 0.2) is 0 Å². The lowest BCUT2D eigenvalue weighted by Gasteiger charge is -2.27. The molecule has 1 saturated carbocycles. The molecule has 1 heterocycles. The molecule has 0 bridgehead atoms. The minimum Gasteiger partial charge on any atom is -0.466 e. The molecule has 0 amide bonds. The topological polar surface area (TPSA) is 51.2 Å². The smallest absolute Gasteiger partial charge is 0.313 e. The average Bonchev–Trinajstić information content (AvgIpc) is 2.87. The molecule has 0 radical (unpaired) electrons. The Morgan fingerprint density at radius 1 is 1.47 bits per heavy atom. The molecule has 1 aromatic rings. The van der Waals surface area contributed by atoms with Crippen LogP contribution in [0, 0.1) is 12.3 Å². The molecule has 1 fully saturated rings. The fraction of sp³-hybridized carbons (Fsp3) is 0.600. The molecule has 19 heavy (non-hydrogen) atoms. The Labute approximate surface area is 114 Å². The van der Waals surface area contributed by atoms with E-state index in [0.717, 1.165) is 37.1 Å². The monoisotopic (exact) mass is 262 g/mol. The predicted molar refractivity (Wildman–Crippen MR) is 75.0 cm³/mol. The van der Waals surface area contributed by atoms with E-state index in [1.54, 1.807) is 6.20 Å². The van der Waals surface area contributed by atoms with Crippen LogP contribution in [0.25, 0.3) is 0 Å². The summed E-state index contributed by atoms with van der Waals surface area (Å²) in [6, 6.07) is 3.93. The van der Waals surface area contributed by atoms with Crippen molar-refractivity contribution in [1.82, 2.24) is 4.98 Å². The molecule has 4 heteroatoms. The Morgan fingerprint density at radius 3 is 2.84 bits per heavy atom. The summed E-state index contributed by atoms with van der Waals surface area (Å²) in [6.07, 6.45) is 5.83. The summed E-state index contributed by atoms with van der Waals surface area (Å²) in [5, 5.41) is 3.37. The van der Waals surface area contributed by atoms with E-state index in [2.05, 4.69) is 10.3 Å². The van der Waals surface area contributed by atoms with E-state index in [1.807, 2.05) is 26.0 Å². The van der Waals surface area contributed by atoms with Gasteiger partial charge in [0, 0.05) is 24.1 Å². The average molecular weight is 262 g/mol. The maximum atomic E-state index is 12.2. The molecule has 1 N–H and O–H groups in total. The fourth-order valence-corrected chi connectivity index (χ4v) is 2.72. The highest BCUT2D eigenvalue weighted by molar-refractivity contribution is 5.78. The first-order chi connectivity index (χ1) is 9.16. The van der Waals surface area contributed by atoms with Crippen LogP contribution in [0.3, 0.4) is 0 Å². The number of hydrogen-bond donors (Lipinski definition) is 1. The lowest BCUT2D eigenvalue weighted by atomic mass is 9.86. The van der Waals surface area contributed by atoms with Crippen molar-refractivity contribution >= 4 is 11.7 Å². The van der Waals surface area contributed by atoms with Crippen LogP contribution in [-0.4, -0.2) is 24.1 Å². The highest BCUT2D eigenvalue weighted by atomic mass is 16.5. The summed E-state index contributed by atoms with van der Waals surface area (Å²) in [5.74, 6) is -0.0502. The number of hydrogen-bond acceptors (Lipinski definition) is 4. The maximum Gasteiger partial charge on any atom is 0.313 e. The van der Waals surface area contributed by atoms with Crippen molar-refractivity contribution in [3.8, 4) is 0 Å². The van der Waals surface area contributed by atoms with Crippen LogP contribution in [0.1, 0.15) is 38.3 Å². The molecule has 4 nitrogen and oxygen atoms in total. The minimum atomic E-state index is -0.340. The number of aromatic nitrogens is 1. The standard InChI is InChI=1S/C15H22N2O2/c1-3-19-14(18)15(7-4-5-8-15)11-17-13-6-9-16-12(2)10-13/h6,9-10H,3-5,7-8,11H2,1-2H3,(H,16,17). The fourth-order valence-electron chi connectivity index (χ4n) is 2.72. The largest absolute Gasteiger partial charge is 0.466 e. The van der Waals surface area contributed by atoms with Gasteiger partial charge in [0.05, 0.1) is 12.0 Å². The molecule has 0 saturated heterocycles. The molecule has 0 aromatic carbocycles. The Morgan fingerprint density at radius 2 is 2.21 bits per heavy atom. The van der Waals surface area contributed by atoms with Gasteiger partial charge in [0.25, 0.3) is 0 Å². The van der Waals surface area contributed by atoms with Gasteiger partial charge >= 0.3 is 5.97 Å². The molecule has 1 aliphatic carbocycles. The van der Waals surface area contributed by atoms with Crippen molar-refractivity contribution in [1.29, 1.82) is 0 Å².